The summed E-state index contributed by atoms with van der Waals surface area (Å²) < 4.78 is 0. The molecule has 0 N–H and O–H groups in total. The van der Waals surface area contributed by atoms with Gasteiger partial charge in [-0.25, -0.2) is 0 Å². The molecule has 0 fully saturated rings. The van der Waals surface area contributed by atoms with Crippen LogP contribution in [0.3, 0.4) is 0 Å². The largest absolute Gasteiger partial charge is 0.271 e. The van der Waals surface area contributed by atoms with Crippen LogP contribution in [0.25, 0.3) is 0 Å². The van der Waals surface area contributed by atoms with Gasteiger partial charge in [0.1, 0.15) is 0 Å². The van der Waals surface area contributed by atoms with Crippen LogP contribution in [0.1, 0.15) is 26.3 Å². The fraction of sp³-hybridized carbons (Fsp3) is 0.364. The lowest BCUT2D eigenvalue weighted by Crippen LogP contribution is -2.22. The van der Waals surface area contributed by atoms with Gasteiger partial charge >= 0.3 is 0 Å². The van der Waals surface area contributed by atoms with E-state index < -0.39 is 4.92 Å². The van der Waals surface area contributed by atoms with Crippen LogP contribution >= 0.6 is 0 Å². The molecule has 0 saturated heterocycles. The van der Waals surface area contributed by atoms with E-state index in [9.17, 15) is 10.1 Å². The first kappa shape index (κ1) is 9.83. The van der Waals surface area contributed by atoms with E-state index in [2.05, 4.69) is 18.8 Å². The molecule has 1 aliphatic rings. The Labute approximate surface area is 87.8 Å². The normalized spacial score (nSPS) is 17.1. The van der Waals surface area contributed by atoms with Crippen LogP contribution in [0.15, 0.2) is 23.2 Å². The Bertz CT molecular complexity index is 475. The van der Waals surface area contributed by atoms with Gasteiger partial charge in [-0.2, -0.15) is 0 Å². The summed E-state index contributed by atoms with van der Waals surface area (Å²) >= 11 is 0. The molecule has 0 unspecified atom stereocenters. The second-order valence-electron chi connectivity index (χ2n) is 4.28. The minimum Gasteiger partial charge on any atom is -0.258 e. The van der Waals surface area contributed by atoms with Gasteiger partial charge in [-0.3, -0.25) is 15.1 Å². The molecular weight excluding hydrogens is 192 g/mol. The quantitative estimate of drug-likeness (QED) is 0.521. The second kappa shape index (κ2) is 2.89. The molecule has 78 valence electrons. The Kier molecular flexibility index (Phi) is 1.89. The van der Waals surface area contributed by atoms with Gasteiger partial charge in [0.15, 0.2) is 0 Å². The van der Waals surface area contributed by atoms with Crippen molar-refractivity contribution >= 4 is 17.1 Å². The lowest BCUT2D eigenvalue weighted by Gasteiger charge is -2.19. The Hall–Kier alpha value is -1.71. The van der Waals surface area contributed by atoms with Crippen molar-refractivity contribution < 1.29 is 4.92 Å². The Morgan fingerprint density at radius 2 is 2.07 bits per heavy atom. The molecule has 4 nitrogen and oxygen atoms in total. The molecule has 15 heavy (non-hydrogen) atoms. The van der Waals surface area contributed by atoms with Crippen molar-refractivity contribution in [2.24, 2.45) is 4.99 Å². The predicted molar refractivity (Wildman–Crippen MR) is 58.9 cm³/mol. The molecule has 0 amide bonds. The minimum atomic E-state index is -0.392. The number of non-ortho nitro benzene ring substituents is 1. The summed E-state index contributed by atoms with van der Waals surface area (Å²) in [7, 11) is 0. The van der Waals surface area contributed by atoms with Gasteiger partial charge in [0.05, 0.1) is 10.6 Å². The first-order valence-electron chi connectivity index (χ1n) is 4.77. The highest BCUT2D eigenvalue weighted by Crippen LogP contribution is 2.41. The summed E-state index contributed by atoms with van der Waals surface area (Å²) in [5.41, 5.74) is 2.78. The fourth-order valence-corrected chi connectivity index (χ4v) is 1.77. The number of nitro groups is 1. The number of nitrogens with zero attached hydrogens (tertiary/aromatic N) is 2. The topological polar surface area (TPSA) is 55.5 Å². The summed E-state index contributed by atoms with van der Waals surface area (Å²) in [6.45, 7) is 6.10. The maximum atomic E-state index is 10.6. The molecule has 0 aromatic heterocycles. The number of hydrogen-bond donors (Lipinski definition) is 0. The summed E-state index contributed by atoms with van der Waals surface area (Å²) in [6, 6.07) is 4.87. The highest BCUT2D eigenvalue weighted by molar-refractivity contribution is 5.99. The maximum Gasteiger partial charge on any atom is 0.271 e. The van der Waals surface area contributed by atoms with Crippen molar-refractivity contribution in [2.75, 3.05) is 0 Å². The molecule has 0 saturated carbocycles. The second-order valence-corrected chi connectivity index (χ2v) is 4.28. The third kappa shape index (κ3) is 1.33. The molecule has 4 heteroatoms. The van der Waals surface area contributed by atoms with E-state index in [1.54, 1.807) is 6.07 Å². The maximum absolute atomic E-state index is 10.6. The molecule has 0 aliphatic carbocycles. The van der Waals surface area contributed by atoms with Crippen molar-refractivity contribution in [1.82, 2.24) is 0 Å². The summed E-state index contributed by atoms with van der Waals surface area (Å²) in [5, 5.41) is 10.6. The zero-order valence-electron chi connectivity index (χ0n) is 8.94. The Balaban J connectivity index is 2.59. The number of nitro benzene ring substituents is 1. The minimum absolute atomic E-state index is 0.100. The van der Waals surface area contributed by atoms with Gasteiger partial charge in [-0.15, -0.1) is 0 Å². The molecule has 0 atom stereocenters. The van der Waals surface area contributed by atoms with E-state index in [0.29, 0.717) is 0 Å². The first-order valence-corrected chi connectivity index (χ1v) is 4.77. The predicted octanol–water partition coefficient (Wildman–Crippen LogP) is 2.98. The smallest absolute Gasteiger partial charge is 0.258 e. The van der Waals surface area contributed by atoms with Crippen molar-refractivity contribution in [1.29, 1.82) is 0 Å². The van der Waals surface area contributed by atoms with E-state index in [0.717, 1.165) is 17.0 Å². The van der Waals surface area contributed by atoms with Crippen LogP contribution in [0, 0.1) is 10.1 Å². The van der Waals surface area contributed by atoms with E-state index in [4.69, 9.17) is 0 Å². The SMILES string of the molecule is CC1=Nc2cc([N+](=O)[O-])ccc2C1(C)C. The van der Waals surface area contributed by atoms with Crippen molar-refractivity contribution in [3.05, 3.63) is 33.9 Å². The average Bonchev–Trinajstić information content (AvgIpc) is 2.38. The van der Waals surface area contributed by atoms with Gasteiger partial charge in [-0.1, -0.05) is 13.8 Å². The monoisotopic (exact) mass is 204 g/mol. The molecule has 0 spiro atoms. The van der Waals surface area contributed by atoms with Crippen LogP contribution in [-0.4, -0.2) is 10.6 Å². The number of benzene rings is 1. The molecule has 2 rings (SSSR count). The number of hydrogen-bond acceptors (Lipinski definition) is 3. The summed E-state index contributed by atoms with van der Waals surface area (Å²) in [4.78, 5) is 14.6. The molecule has 1 aromatic carbocycles. The molecular formula is C11H12N2O2. The highest BCUT2D eigenvalue weighted by Gasteiger charge is 2.32. The average molecular weight is 204 g/mol. The number of fused-ring (bicyclic) bond motifs is 1. The zero-order chi connectivity index (χ0) is 11.2. The third-order valence-electron chi connectivity index (χ3n) is 3.06. The van der Waals surface area contributed by atoms with Gasteiger partial charge in [0.25, 0.3) is 5.69 Å². The van der Waals surface area contributed by atoms with E-state index >= 15 is 0 Å². The van der Waals surface area contributed by atoms with Gasteiger partial charge < -0.3 is 0 Å². The van der Waals surface area contributed by atoms with Gasteiger partial charge in [0, 0.05) is 23.3 Å². The van der Waals surface area contributed by atoms with E-state index in [1.165, 1.54) is 12.1 Å². The van der Waals surface area contributed by atoms with Crippen LogP contribution in [0.5, 0.6) is 0 Å². The summed E-state index contributed by atoms with van der Waals surface area (Å²) in [5.74, 6) is 0. The molecule has 1 heterocycles. The lowest BCUT2D eigenvalue weighted by molar-refractivity contribution is -0.384. The van der Waals surface area contributed by atoms with Crippen LogP contribution in [-0.2, 0) is 5.41 Å². The molecule has 1 aliphatic heterocycles. The van der Waals surface area contributed by atoms with Crippen molar-refractivity contribution in [2.45, 2.75) is 26.2 Å². The van der Waals surface area contributed by atoms with Gasteiger partial charge in [-0.05, 0) is 18.6 Å². The van der Waals surface area contributed by atoms with E-state index in [1.807, 2.05) is 6.92 Å². The van der Waals surface area contributed by atoms with Crippen molar-refractivity contribution in [3.8, 4) is 0 Å². The number of rotatable bonds is 1. The Morgan fingerprint density at radius 3 is 2.67 bits per heavy atom. The Morgan fingerprint density at radius 1 is 1.40 bits per heavy atom. The molecule has 1 aromatic rings. The molecule has 0 bridgehead atoms. The van der Waals surface area contributed by atoms with E-state index in [-0.39, 0.29) is 11.1 Å². The van der Waals surface area contributed by atoms with Crippen LogP contribution in [0.2, 0.25) is 0 Å². The molecule has 0 radical (unpaired) electrons. The van der Waals surface area contributed by atoms with Gasteiger partial charge in [0.2, 0.25) is 0 Å². The fourth-order valence-electron chi connectivity index (χ4n) is 1.77. The lowest BCUT2D eigenvalue weighted by atomic mass is 9.82. The van der Waals surface area contributed by atoms with Crippen molar-refractivity contribution in [3.63, 3.8) is 0 Å². The third-order valence-corrected chi connectivity index (χ3v) is 3.06. The van der Waals surface area contributed by atoms with Crippen LogP contribution in [0.4, 0.5) is 11.4 Å². The zero-order valence-corrected chi connectivity index (χ0v) is 8.94. The number of aliphatic imine (C=N–C) groups is 1. The van der Waals surface area contributed by atoms with Crippen LogP contribution < -0.4 is 0 Å². The first-order chi connectivity index (χ1) is 6.93. The standard InChI is InChI=1S/C11H12N2O2/c1-7-11(2,3)9-5-4-8(13(14)15)6-10(9)12-7/h4-6H,1-3H3. The highest BCUT2D eigenvalue weighted by atomic mass is 16.6. The summed E-state index contributed by atoms with van der Waals surface area (Å²) in [6.07, 6.45) is 0.